The average molecular weight is 335 g/mol. The van der Waals surface area contributed by atoms with Crippen molar-refractivity contribution >= 4 is 11.7 Å². The third-order valence-electron chi connectivity index (χ3n) is 4.00. The third-order valence-corrected chi connectivity index (χ3v) is 4.00. The Morgan fingerprint density at radius 1 is 1.16 bits per heavy atom. The molecule has 1 heterocycles. The first kappa shape index (κ1) is 16.8. The number of rotatable bonds is 6. The van der Waals surface area contributed by atoms with Crippen LogP contribution in [0.4, 0.5) is 5.69 Å². The molecule has 0 aliphatic carbocycles. The van der Waals surface area contributed by atoms with Crippen molar-refractivity contribution in [1.82, 2.24) is 9.78 Å². The number of carbonyl (C=O) groups excluding carboxylic acids is 1. The number of carbonyl (C=O) groups is 1. The van der Waals surface area contributed by atoms with Crippen LogP contribution in [0.1, 0.15) is 27.0 Å². The molecule has 0 aliphatic heterocycles. The zero-order valence-corrected chi connectivity index (χ0v) is 14.4. The van der Waals surface area contributed by atoms with E-state index in [0.29, 0.717) is 12.1 Å². The molecule has 0 fully saturated rings. The van der Waals surface area contributed by atoms with Gasteiger partial charge in [0, 0.05) is 24.0 Å². The Labute approximate surface area is 147 Å². The molecule has 0 atom stereocenters. The van der Waals surface area contributed by atoms with Gasteiger partial charge in [-0.1, -0.05) is 30.3 Å². The fourth-order valence-corrected chi connectivity index (χ4v) is 2.66. The van der Waals surface area contributed by atoms with Crippen LogP contribution in [0.2, 0.25) is 0 Å². The molecular weight excluding hydrogens is 314 g/mol. The molecule has 0 saturated carbocycles. The standard InChI is InChI=1S/C20H21N3O2/c1-15-10-18(20(24)25-2)8-9-19(15)21-11-17-12-22-23(14-17)13-16-6-4-3-5-7-16/h3-10,12,14,21H,11,13H2,1-2H3. The maximum absolute atomic E-state index is 11.6. The molecule has 1 N–H and O–H groups in total. The van der Waals surface area contributed by atoms with E-state index in [9.17, 15) is 4.79 Å². The molecular formula is C20H21N3O2. The number of aromatic nitrogens is 2. The van der Waals surface area contributed by atoms with Gasteiger partial charge in [0.2, 0.25) is 0 Å². The molecule has 0 unspecified atom stereocenters. The maximum Gasteiger partial charge on any atom is 0.337 e. The van der Waals surface area contributed by atoms with Gasteiger partial charge in [0.25, 0.3) is 0 Å². The molecule has 2 aromatic carbocycles. The molecule has 0 bridgehead atoms. The number of ether oxygens (including phenoxy) is 1. The second-order valence-corrected chi connectivity index (χ2v) is 5.91. The largest absolute Gasteiger partial charge is 0.465 e. The Morgan fingerprint density at radius 2 is 1.96 bits per heavy atom. The molecule has 5 heteroatoms. The SMILES string of the molecule is COC(=O)c1ccc(NCc2cnn(Cc3ccccc3)c2)c(C)c1. The number of benzene rings is 2. The molecule has 3 rings (SSSR count). The number of hydrogen-bond acceptors (Lipinski definition) is 4. The summed E-state index contributed by atoms with van der Waals surface area (Å²) >= 11 is 0. The van der Waals surface area contributed by atoms with E-state index in [4.69, 9.17) is 4.74 Å². The van der Waals surface area contributed by atoms with Gasteiger partial charge in [0.05, 0.1) is 25.4 Å². The van der Waals surface area contributed by atoms with Crippen LogP contribution in [0.5, 0.6) is 0 Å². The smallest absolute Gasteiger partial charge is 0.337 e. The predicted octanol–water partition coefficient (Wildman–Crippen LogP) is 3.64. The zero-order chi connectivity index (χ0) is 17.6. The molecule has 0 radical (unpaired) electrons. The second-order valence-electron chi connectivity index (χ2n) is 5.91. The number of aryl methyl sites for hydroxylation is 1. The first-order chi connectivity index (χ1) is 12.2. The van der Waals surface area contributed by atoms with Gasteiger partial charge < -0.3 is 10.1 Å². The van der Waals surface area contributed by atoms with E-state index in [-0.39, 0.29) is 5.97 Å². The Kier molecular flexibility index (Phi) is 5.14. The van der Waals surface area contributed by atoms with Gasteiger partial charge in [0.15, 0.2) is 0 Å². The van der Waals surface area contributed by atoms with Crippen molar-refractivity contribution in [3.05, 3.63) is 83.2 Å². The van der Waals surface area contributed by atoms with Crippen molar-refractivity contribution in [1.29, 1.82) is 0 Å². The van der Waals surface area contributed by atoms with E-state index in [1.807, 2.05) is 54.3 Å². The van der Waals surface area contributed by atoms with Crippen LogP contribution in [0.15, 0.2) is 60.9 Å². The molecule has 0 amide bonds. The summed E-state index contributed by atoms with van der Waals surface area (Å²) in [5, 5.41) is 7.80. The van der Waals surface area contributed by atoms with Gasteiger partial charge >= 0.3 is 5.97 Å². The van der Waals surface area contributed by atoms with Crippen molar-refractivity contribution in [2.24, 2.45) is 0 Å². The molecule has 0 spiro atoms. The maximum atomic E-state index is 11.6. The van der Waals surface area contributed by atoms with Crippen LogP contribution >= 0.6 is 0 Å². The number of esters is 1. The molecule has 3 aromatic rings. The summed E-state index contributed by atoms with van der Waals surface area (Å²) in [6, 6.07) is 15.7. The summed E-state index contributed by atoms with van der Waals surface area (Å²) in [7, 11) is 1.39. The minimum absolute atomic E-state index is 0.322. The highest BCUT2D eigenvalue weighted by atomic mass is 16.5. The lowest BCUT2D eigenvalue weighted by Gasteiger charge is -2.10. The highest BCUT2D eigenvalue weighted by Crippen LogP contribution is 2.18. The molecule has 1 aromatic heterocycles. The van der Waals surface area contributed by atoms with Crippen molar-refractivity contribution in [3.63, 3.8) is 0 Å². The summed E-state index contributed by atoms with van der Waals surface area (Å²) in [6.07, 6.45) is 3.91. The average Bonchev–Trinajstić information content (AvgIpc) is 3.08. The summed E-state index contributed by atoms with van der Waals surface area (Å²) in [6.45, 7) is 3.40. The lowest BCUT2D eigenvalue weighted by molar-refractivity contribution is 0.0600. The van der Waals surface area contributed by atoms with E-state index in [0.717, 1.165) is 23.4 Å². The van der Waals surface area contributed by atoms with Crippen LogP contribution < -0.4 is 5.32 Å². The van der Waals surface area contributed by atoms with Gasteiger partial charge in [-0.05, 0) is 36.2 Å². The van der Waals surface area contributed by atoms with Crippen molar-refractivity contribution in [2.45, 2.75) is 20.0 Å². The Bertz CT molecular complexity index is 856. The van der Waals surface area contributed by atoms with E-state index >= 15 is 0 Å². The van der Waals surface area contributed by atoms with E-state index in [1.165, 1.54) is 12.7 Å². The van der Waals surface area contributed by atoms with Crippen LogP contribution in [0, 0.1) is 6.92 Å². The quantitative estimate of drug-likeness (QED) is 0.699. The summed E-state index contributed by atoms with van der Waals surface area (Å²) in [5.74, 6) is -0.322. The van der Waals surface area contributed by atoms with E-state index < -0.39 is 0 Å². The van der Waals surface area contributed by atoms with Gasteiger partial charge in [-0.25, -0.2) is 4.79 Å². The highest BCUT2D eigenvalue weighted by Gasteiger charge is 2.08. The van der Waals surface area contributed by atoms with Crippen LogP contribution in [-0.2, 0) is 17.8 Å². The van der Waals surface area contributed by atoms with Crippen molar-refractivity contribution in [2.75, 3.05) is 12.4 Å². The fourth-order valence-electron chi connectivity index (χ4n) is 2.66. The molecule has 25 heavy (non-hydrogen) atoms. The van der Waals surface area contributed by atoms with Crippen molar-refractivity contribution in [3.8, 4) is 0 Å². The van der Waals surface area contributed by atoms with Gasteiger partial charge in [-0.2, -0.15) is 5.10 Å². The highest BCUT2D eigenvalue weighted by molar-refractivity contribution is 5.90. The normalized spacial score (nSPS) is 10.5. The predicted molar refractivity (Wildman–Crippen MR) is 97.6 cm³/mol. The van der Waals surface area contributed by atoms with Gasteiger partial charge in [-0.3, -0.25) is 4.68 Å². The monoisotopic (exact) mass is 335 g/mol. The van der Waals surface area contributed by atoms with Gasteiger partial charge in [0.1, 0.15) is 0 Å². The number of methoxy groups -OCH3 is 1. The van der Waals surface area contributed by atoms with Crippen molar-refractivity contribution < 1.29 is 9.53 Å². The summed E-state index contributed by atoms with van der Waals surface area (Å²) in [5.41, 5.74) is 4.87. The van der Waals surface area contributed by atoms with E-state index in [2.05, 4.69) is 22.5 Å². The third kappa shape index (κ3) is 4.26. The zero-order valence-electron chi connectivity index (χ0n) is 14.4. The summed E-state index contributed by atoms with van der Waals surface area (Å²) in [4.78, 5) is 11.6. The minimum Gasteiger partial charge on any atom is -0.465 e. The number of hydrogen-bond donors (Lipinski definition) is 1. The minimum atomic E-state index is -0.322. The number of anilines is 1. The second kappa shape index (κ2) is 7.66. The molecule has 128 valence electrons. The summed E-state index contributed by atoms with van der Waals surface area (Å²) < 4.78 is 6.67. The number of nitrogens with zero attached hydrogens (tertiary/aromatic N) is 2. The topological polar surface area (TPSA) is 56.1 Å². The Hall–Kier alpha value is -3.08. The molecule has 0 saturated heterocycles. The number of nitrogens with one attached hydrogen (secondary N) is 1. The Balaban J connectivity index is 1.61. The first-order valence-electron chi connectivity index (χ1n) is 8.14. The lowest BCUT2D eigenvalue weighted by Crippen LogP contribution is -2.04. The van der Waals surface area contributed by atoms with E-state index in [1.54, 1.807) is 6.07 Å². The Morgan fingerprint density at radius 3 is 2.68 bits per heavy atom. The van der Waals surface area contributed by atoms with Gasteiger partial charge in [-0.15, -0.1) is 0 Å². The fraction of sp³-hybridized carbons (Fsp3) is 0.200. The van der Waals surface area contributed by atoms with Crippen LogP contribution in [0.25, 0.3) is 0 Å². The molecule has 5 nitrogen and oxygen atoms in total. The lowest BCUT2D eigenvalue weighted by atomic mass is 10.1. The first-order valence-corrected chi connectivity index (χ1v) is 8.14. The van der Waals surface area contributed by atoms with Crippen LogP contribution in [0.3, 0.4) is 0 Å². The molecule has 0 aliphatic rings. The van der Waals surface area contributed by atoms with Crippen LogP contribution in [-0.4, -0.2) is 22.9 Å².